The fourth-order valence-electron chi connectivity index (χ4n) is 2.54. The summed E-state index contributed by atoms with van der Waals surface area (Å²) in [5, 5.41) is 4.15. The molecule has 1 aliphatic carbocycles. The molecule has 0 amide bonds. The summed E-state index contributed by atoms with van der Waals surface area (Å²) in [6.45, 7) is 4.40. The van der Waals surface area contributed by atoms with Gasteiger partial charge in [0.25, 0.3) is 0 Å². The van der Waals surface area contributed by atoms with Crippen molar-refractivity contribution in [2.24, 2.45) is 5.16 Å². The van der Waals surface area contributed by atoms with E-state index in [-0.39, 0.29) is 22.7 Å². The van der Waals surface area contributed by atoms with Crippen molar-refractivity contribution in [3.8, 4) is 11.5 Å². The summed E-state index contributed by atoms with van der Waals surface area (Å²) >= 11 is 0. The molecule has 1 aromatic carbocycles. The maximum atomic E-state index is 12.4. The summed E-state index contributed by atoms with van der Waals surface area (Å²) in [4.78, 5) is 29.8. The van der Waals surface area contributed by atoms with Crippen molar-refractivity contribution in [1.29, 1.82) is 0 Å². The zero-order chi connectivity index (χ0) is 17.7. The first kappa shape index (κ1) is 17.7. The molecule has 24 heavy (non-hydrogen) atoms. The van der Waals surface area contributed by atoms with Crippen molar-refractivity contribution in [1.82, 2.24) is 0 Å². The first-order chi connectivity index (χ1) is 11.6. The highest BCUT2D eigenvalue weighted by Gasteiger charge is 2.30. The molecular weight excluding hydrogens is 310 g/mol. The smallest absolute Gasteiger partial charge is 0.190 e. The van der Waals surface area contributed by atoms with Crippen molar-refractivity contribution < 1.29 is 23.9 Å². The molecule has 0 aliphatic heterocycles. The van der Waals surface area contributed by atoms with Crippen molar-refractivity contribution in [2.75, 3.05) is 20.8 Å². The second-order valence-electron chi connectivity index (χ2n) is 5.20. The van der Waals surface area contributed by atoms with Gasteiger partial charge < -0.3 is 14.3 Å². The Hall–Kier alpha value is -2.63. The Morgan fingerprint density at radius 1 is 1.04 bits per heavy atom. The number of rotatable bonds is 7. The molecule has 6 heteroatoms. The Morgan fingerprint density at radius 2 is 1.71 bits per heavy atom. The lowest BCUT2D eigenvalue weighted by molar-refractivity contribution is 0.0989. The van der Waals surface area contributed by atoms with E-state index in [1.165, 1.54) is 26.4 Å². The van der Waals surface area contributed by atoms with Gasteiger partial charge >= 0.3 is 0 Å². The molecule has 0 radical (unpaired) electrons. The highest BCUT2D eigenvalue weighted by Crippen LogP contribution is 2.38. The number of nitrogens with zero attached hydrogens (tertiary/aromatic N) is 1. The SMILES string of the molecule is CCCO/N=C(\CC)c1cc(OC)c2c(c1OC)C(=O)C=CC2=O. The molecule has 1 aromatic rings. The number of methoxy groups -OCH3 is 2. The molecule has 0 atom stereocenters. The molecule has 0 unspecified atom stereocenters. The number of ether oxygens (including phenoxy) is 2. The zero-order valence-corrected chi connectivity index (χ0v) is 14.3. The summed E-state index contributed by atoms with van der Waals surface area (Å²) in [5.41, 5.74) is 1.63. The molecule has 6 nitrogen and oxygen atoms in total. The van der Waals surface area contributed by atoms with Crippen LogP contribution in [-0.2, 0) is 4.84 Å². The molecule has 0 N–H and O–H groups in total. The van der Waals surface area contributed by atoms with Crippen LogP contribution in [0.4, 0.5) is 0 Å². The fraction of sp³-hybridized carbons (Fsp3) is 0.389. The largest absolute Gasteiger partial charge is 0.496 e. The van der Waals surface area contributed by atoms with E-state index in [1.54, 1.807) is 6.07 Å². The van der Waals surface area contributed by atoms with Crippen LogP contribution in [0.25, 0.3) is 0 Å². The number of allylic oxidation sites excluding steroid dienone is 2. The van der Waals surface area contributed by atoms with Gasteiger partial charge in [-0.25, -0.2) is 0 Å². The lowest BCUT2D eigenvalue weighted by Crippen LogP contribution is -2.17. The molecule has 0 saturated heterocycles. The molecular formula is C18H21NO5. The predicted octanol–water partition coefficient (Wildman–Crippen LogP) is 3.18. The molecule has 128 valence electrons. The van der Waals surface area contributed by atoms with E-state index in [0.29, 0.717) is 35.8 Å². The van der Waals surface area contributed by atoms with Crippen LogP contribution in [0.15, 0.2) is 23.4 Å². The van der Waals surface area contributed by atoms with Gasteiger partial charge in [-0.2, -0.15) is 0 Å². The van der Waals surface area contributed by atoms with E-state index in [4.69, 9.17) is 14.3 Å². The van der Waals surface area contributed by atoms with Gasteiger partial charge in [-0.15, -0.1) is 0 Å². The van der Waals surface area contributed by atoms with E-state index >= 15 is 0 Å². The van der Waals surface area contributed by atoms with Crippen LogP contribution in [0.3, 0.4) is 0 Å². The number of hydrogen-bond acceptors (Lipinski definition) is 6. The standard InChI is InChI=1S/C18H21NO5/c1-5-9-24-19-12(6-2)11-10-15(22-3)16-13(20)7-8-14(21)17(16)18(11)23-4/h7-8,10H,5-6,9H2,1-4H3/b19-12+. The summed E-state index contributed by atoms with van der Waals surface area (Å²) in [7, 11) is 2.92. The third-order valence-corrected chi connectivity index (χ3v) is 3.66. The monoisotopic (exact) mass is 331 g/mol. The lowest BCUT2D eigenvalue weighted by atomic mass is 9.89. The average Bonchev–Trinajstić information content (AvgIpc) is 2.60. The van der Waals surface area contributed by atoms with Crippen LogP contribution in [0.1, 0.15) is 53.0 Å². The van der Waals surface area contributed by atoms with Gasteiger partial charge in [-0.1, -0.05) is 19.0 Å². The second-order valence-corrected chi connectivity index (χ2v) is 5.20. The van der Waals surface area contributed by atoms with Gasteiger partial charge in [-0.05, 0) is 31.1 Å². The lowest BCUT2D eigenvalue weighted by Gasteiger charge is -2.20. The molecule has 0 aromatic heterocycles. The number of carbonyl (C=O) groups is 2. The minimum Gasteiger partial charge on any atom is -0.496 e. The van der Waals surface area contributed by atoms with Crippen molar-refractivity contribution in [2.45, 2.75) is 26.7 Å². The maximum Gasteiger partial charge on any atom is 0.190 e. The first-order valence-electron chi connectivity index (χ1n) is 7.83. The summed E-state index contributed by atoms with van der Waals surface area (Å²) in [5.74, 6) is 0.0457. The van der Waals surface area contributed by atoms with Gasteiger partial charge in [0.15, 0.2) is 11.6 Å². The molecule has 1 aliphatic rings. The summed E-state index contributed by atoms with van der Waals surface area (Å²) in [6.07, 6.45) is 3.89. The van der Waals surface area contributed by atoms with Gasteiger partial charge in [0.2, 0.25) is 0 Å². The zero-order valence-electron chi connectivity index (χ0n) is 14.3. The van der Waals surface area contributed by atoms with Crippen LogP contribution >= 0.6 is 0 Å². The Balaban J connectivity index is 2.70. The minimum atomic E-state index is -0.300. The van der Waals surface area contributed by atoms with Crippen LogP contribution in [-0.4, -0.2) is 38.1 Å². The van der Waals surface area contributed by atoms with Crippen molar-refractivity contribution in [3.63, 3.8) is 0 Å². The predicted molar refractivity (Wildman–Crippen MR) is 90.4 cm³/mol. The highest BCUT2D eigenvalue weighted by atomic mass is 16.6. The normalized spacial score (nSPS) is 13.8. The van der Waals surface area contributed by atoms with Crippen LogP contribution in [0.2, 0.25) is 0 Å². The molecule has 0 saturated carbocycles. The van der Waals surface area contributed by atoms with Gasteiger partial charge in [0.1, 0.15) is 18.1 Å². The fourth-order valence-corrected chi connectivity index (χ4v) is 2.54. The Labute approximate surface area is 141 Å². The Bertz CT molecular complexity index is 719. The number of fused-ring (bicyclic) bond motifs is 1. The number of hydrogen-bond donors (Lipinski definition) is 0. The van der Waals surface area contributed by atoms with Crippen LogP contribution in [0.5, 0.6) is 11.5 Å². The van der Waals surface area contributed by atoms with Crippen molar-refractivity contribution >= 4 is 17.3 Å². The van der Waals surface area contributed by atoms with Crippen molar-refractivity contribution in [3.05, 3.63) is 34.9 Å². The third-order valence-electron chi connectivity index (χ3n) is 3.66. The molecule has 0 spiro atoms. The summed E-state index contributed by atoms with van der Waals surface area (Å²) in [6, 6.07) is 1.67. The maximum absolute atomic E-state index is 12.4. The topological polar surface area (TPSA) is 74.2 Å². The van der Waals surface area contributed by atoms with Gasteiger partial charge in [0, 0.05) is 5.56 Å². The van der Waals surface area contributed by atoms with E-state index in [0.717, 1.165) is 6.42 Å². The average molecular weight is 331 g/mol. The number of carbonyl (C=O) groups excluding carboxylic acids is 2. The van der Waals surface area contributed by atoms with E-state index in [2.05, 4.69) is 5.16 Å². The number of oxime groups is 1. The number of benzene rings is 1. The third kappa shape index (κ3) is 3.18. The molecule has 2 rings (SSSR count). The van der Waals surface area contributed by atoms with Crippen LogP contribution in [0, 0.1) is 0 Å². The first-order valence-corrected chi connectivity index (χ1v) is 7.83. The van der Waals surface area contributed by atoms with Crippen LogP contribution < -0.4 is 9.47 Å². The second kappa shape index (κ2) is 7.77. The molecule has 0 bridgehead atoms. The molecule has 0 heterocycles. The van der Waals surface area contributed by atoms with E-state index in [1.807, 2.05) is 13.8 Å². The number of ketones is 2. The quantitative estimate of drug-likeness (QED) is 0.436. The van der Waals surface area contributed by atoms with E-state index in [9.17, 15) is 9.59 Å². The minimum absolute atomic E-state index is 0.205. The Kier molecular flexibility index (Phi) is 5.73. The van der Waals surface area contributed by atoms with Gasteiger partial charge in [-0.3, -0.25) is 9.59 Å². The Morgan fingerprint density at radius 3 is 2.25 bits per heavy atom. The van der Waals surface area contributed by atoms with Gasteiger partial charge in [0.05, 0.1) is 31.1 Å². The highest BCUT2D eigenvalue weighted by molar-refractivity contribution is 6.25. The van der Waals surface area contributed by atoms with E-state index < -0.39 is 0 Å². The molecule has 0 fully saturated rings. The summed E-state index contributed by atoms with van der Waals surface area (Å²) < 4.78 is 10.8.